The minimum atomic E-state index is -1.33. The molecular weight excluding hydrogens is 604 g/mol. The number of nitrogens with zero attached hydrogens (tertiary/aromatic N) is 5. The second-order valence-electron chi connectivity index (χ2n) is 11.1. The molecule has 0 spiro atoms. The highest BCUT2D eigenvalue weighted by molar-refractivity contribution is 6.06. The van der Waals surface area contributed by atoms with Crippen LogP contribution in [0.15, 0.2) is 104 Å². The molecule has 1 aliphatic rings. The highest BCUT2D eigenvalue weighted by atomic mass is 16.6. The number of carbonyl (C=O) groups excluding carboxylic acids is 2. The molecule has 2 aromatic heterocycles. The monoisotopic (exact) mass is 636 g/mol. The van der Waals surface area contributed by atoms with E-state index in [9.17, 15) is 19.7 Å². The molecule has 0 aliphatic heterocycles. The Morgan fingerprint density at radius 2 is 1.45 bits per heavy atom. The van der Waals surface area contributed by atoms with Crippen LogP contribution < -0.4 is 5.32 Å². The normalized spacial score (nSPS) is 20.6. The molecule has 1 fully saturated rings. The van der Waals surface area contributed by atoms with E-state index in [0.29, 0.717) is 5.56 Å². The Kier molecular flexibility index (Phi) is 9.55. The molecule has 1 amide bonds. The van der Waals surface area contributed by atoms with E-state index >= 15 is 0 Å². The van der Waals surface area contributed by atoms with Crippen molar-refractivity contribution in [3.63, 3.8) is 0 Å². The van der Waals surface area contributed by atoms with E-state index in [1.165, 1.54) is 19.6 Å². The first-order valence-corrected chi connectivity index (χ1v) is 15.0. The van der Waals surface area contributed by atoms with Crippen molar-refractivity contribution in [1.82, 2.24) is 19.5 Å². The van der Waals surface area contributed by atoms with E-state index in [0.717, 1.165) is 11.1 Å². The van der Waals surface area contributed by atoms with Gasteiger partial charge in [-0.3, -0.25) is 19.7 Å². The van der Waals surface area contributed by atoms with Crippen LogP contribution in [0.1, 0.15) is 34.5 Å². The van der Waals surface area contributed by atoms with Gasteiger partial charge < -0.3 is 24.1 Å². The average Bonchev–Trinajstić information content (AvgIpc) is 3.66. The van der Waals surface area contributed by atoms with Gasteiger partial charge in [-0.15, -0.1) is 0 Å². The van der Waals surface area contributed by atoms with Crippen LogP contribution in [-0.2, 0) is 32.2 Å². The smallest absolute Gasteiger partial charge is 0.302 e. The van der Waals surface area contributed by atoms with Gasteiger partial charge in [-0.05, 0) is 23.3 Å². The first-order chi connectivity index (χ1) is 22.9. The first kappa shape index (κ1) is 31.5. The van der Waals surface area contributed by atoms with Crippen LogP contribution in [0.5, 0.6) is 0 Å². The number of carbonyl (C=O) groups is 2. The third kappa shape index (κ3) is 7.00. The highest BCUT2D eigenvalue weighted by Crippen LogP contribution is 2.43. The van der Waals surface area contributed by atoms with Crippen molar-refractivity contribution in [3.05, 3.63) is 130 Å². The van der Waals surface area contributed by atoms with Gasteiger partial charge in [0, 0.05) is 17.4 Å². The summed E-state index contributed by atoms with van der Waals surface area (Å²) >= 11 is 0. The molecule has 13 nitrogen and oxygen atoms in total. The second kappa shape index (κ2) is 14.3. The predicted octanol–water partition coefficient (Wildman–Crippen LogP) is 4.63. The number of hydrogen-bond donors (Lipinski definition) is 1. The fourth-order valence-electron chi connectivity index (χ4n) is 5.97. The molecule has 240 valence electrons. The summed E-state index contributed by atoms with van der Waals surface area (Å²) < 4.78 is 19.9. The van der Waals surface area contributed by atoms with Crippen LogP contribution >= 0.6 is 0 Å². The van der Waals surface area contributed by atoms with Gasteiger partial charge in [0.25, 0.3) is 5.91 Å². The summed E-state index contributed by atoms with van der Waals surface area (Å²) in [6.07, 6.45) is 0.927. The largest absolute Gasteiger partial charge is 0.465 e. The summed E-state index contributed by atoms with van der Waals surface area (Å²) in [5, 5.41) is 15.7. The maximum Gasteiger partial charge on any atom is 0.302 e. The lowest BCUT2D eigenvalue weighted by Crippen LogP contribution is -2.37. The highest BCUT2D eigenvalue weighted by Gasteiger charge is 2.60. The van der Waals surface area contributed by atoms with Crippen LogP contribution in [-0.4, -0.2) is 61.2 Å². The number of hydrogen-bond acceptors (Lipinski definition) is 10. The first-order valence-electron chi connectivity index (χ1n) is 15.0. The molecule has 1 aliphatic carbocycles. The van der Waals surface area contributed by atoms with Crippen LogP contribution in [0, 0.1) is 16.0 Å². The Morgan fingerprint density at radius 1 is 0.851 bits per heavy atom. The molecule has 5 aromatic rings. The summed E-state index contributed by atoms with van der Waals surface area (Å²) in [6.45, 7) is 1.27. The molecule has 2 heterocycles. The fraction of sp³-hybridized carbons (Fsp3) is 0.265. The topological polar surface area (TPSA) is 161 Å². The standard InChI is InChI=1S/C34H32N6O7/c1-22(41)45-19-26-28(40(43)44)29(31(47-18-24-13-7-3-8-14-24)30(26)46-17-23-11-5-2-6-12-23)39-21-37-27-32(35-20-36-33(27)39)38-34(42)25-15-9-4-10-16-25/h2-16,20-21,26,28-31H,17-19H2,1H3,(H,35,36,38,42)/t26-,28-,29+,30+,31+/m0/s1. The molecule has 5 atom stereocenters. The predicted molar refractivity (Wildman–Crippen MR) is 170 cm³/mol. The van der Waals surface area contributed by atoms with Crippen molar-refractivity contribution in [2.45, 2.75) is 44.4 Å². The average molecular weight is 637 g/mol. The lowest BCUT2D eigenvalue weighted by Gasteiger charge is -2.27. The number of fused-ring (bicyclic) bond motifs is 1. The Hall–Kier alpha value is -5.53. The molecule has 0 bridgehead atoms. The molecule has 6 rings (SSSR count). The van der Waals surface area contributed by atoms with Crippen LogP contribution in [0.3, 0.4) is 0 Å². The van der Waals surface area contributed by atoms with E-state index < -0.39 is 47.0 Å². The summed E-state index contributed by atoms with van der Waals surface area (Å²) in [5.74, 6) is -1.71. The van der Waals surface area contributed by atoms with Gasteiger partial charge in [0.05, 0.1) is 31.6 Å². The van der Waals surface area contributed by atoms with Crippen molar-refractivity contribution in [1.29, 1.82) is 0 Å². The Morgan fingerprint density at radius 3 is 2.04 bits per heavy atom. The molecule has 13 heteroatoms. The number of nitrogens with one attached hydrogen (secondary N) is 1. The minimum absolute atomic E-state index is 0.137. The number of ether oxygens (including phenoxy) is 3. The van der Waals surface area contributed by atoms with E-state index in [2.05, 4.69) is 20.3 Å². The van der Waals surface area contributed by atoms with Gasteiger partial charge in [-0.2, -0.15) is 0 Å². The van der Waals surface area contributed by atoms with Crippen LogP contribution in [0.2, 0.25) is 0 Å². The van der Waals surface area contributed by atoms with Gasteiger partial charge in [0.15, 0.2) is 17.0 Å². The molecule has 0 unspecified atom stereocenters. The van der Waals surface area contributed by atoms with Crippen molar-refractivity contribution in [2.75, 3.05) is 11.9 Å². The number of anilines is 1. The van der Waals surface area contributed by atoms with Gasteiger partial charge >= 0.3 is 5.97 Å². The second-order valence-corrected chi connectivity index (χ2v) is 11.1. The lowest BCUT2D eigenvalue weighted by molar-refractivity contribution is -0.537. The number of nitro groups is 1. The molecule has 3 aromatic carbocycles. The Balaban J connectivity index is 1.41. The van der Waals surface area contributed by atoms with Crippen molar-refractivity contribution in [3.8, 4) is 0 Å². The summed E-state index contributed by atoms with van der Waals surface area (Å²) in [6, 6.07) is 25.2. The molecule has 1 saturated carbocycles. The lowest BCUT2D eigenvalue weighted by atomic mass is 10.0. The number of esters is 1. The van der Waals surface area contributed by atoms with Crippen molar-refractivity contribution < 1.29 is 28.7 Å². The van der Waals surface area contributed by atoms with E-state index in [1.54, 1.807) is 34.9 Å². The number of imidazole rings is 1. The maximum atomic E-state index is 13.0. The van der Waals surface area contributed by atoms with Gasteiger partial charge in [-0.25, -0.2) is 15.0 Å². The third-order valence-electron chi connectivity index (χ3n) is 8.11. The number of benzene rings is 3. The maximum absolute atomic E-state index is 13.0. The number of rotatable bonds is 12. The summed E-state index contributed by atoms with van der Waals surface area (Å²) in [4.78, 5) is 50.6. The van der Waals surface area contributed by atoms with E-state index in [4.69, 9.17) is 14.2 Å². The quantitative estimate of drug-likeness (QED) is 0.116. The van der Waals surface area contributed by atoms with Gasteiger partial charge in [-0.1, -0.05) is 78.9 Å². The zero-order valence-electron chi connectivity index (χ0n) is 25.4. The van der Waals surface area contributed by atoms with Crippen LogP contribution in [0.4, 0.5) is 5.82 Å². The molecule has 0 saturated heterocycles. The van der Waals surface area contributed by atoms with Gasteiger partial charge in [0.1, 0.15) is 25.1 Å². The van der Waals surface area contributed by atoms with Crippen molar-refractivity contribution >= 4 is 28.9 Å². The zero-order chi connectivity index (χ0) is 32.8. The van der Waals surface area contributed by atoms with Crippen molar-refractivity contribution in [2.24, 2.45) is 5.92 Å². The molecule has 47 heavy (non-hydrogen) atoms. The Labute approximate surface area is 269 Å². The molecule has 1 N–H and O–H groups in total. The summed E-state index contributed by atoms with van der Waals surface area (Å²) in [7, 11) is 0. The minimum Gasteiger partial charge on any atom is -0.465 e. The van der Waals surface area contributed by atoms with E-state index in [1.807, 2.05) is 60.7 Å². The zero-order valence-corrected chi connectivity index (χ0v) is 25.4. The van der Waals surface area contributed by atoms with Crippen LogP contribution in [0.25, 0.3) is 11.2 Å². The third-order valence-corrected chi connectivity index (χ3v) is 8.11. The fourth-order valence-corrected chi connectivity index (χ4v) is 5.97. The Bertz CT molecular complexity index is 1840. The number of aromatic nitrogens is 4. The van der Waals surface area contributed by atoms with E-state index in [-0.39, 0.29) is 36.8 Å². The molecular formula is C34H32N6O7. The SMILES string of the molecule is CC(=O)OC[C@@H]1[C@@H](OCc2ccccc2)[C@H](OCc2ccccc2)[C@H](n2cnc3c(NC(=O)c4ccccc4)ncnc32)[C@H]1[N+](=O)[O-]. The number of amides is 1. The summed E-state index contributed by atoms with van der Waals surface area (Å²) in [5.41, 5.74) is 2.64. The van der Waals surface area contributed by atoms with Gasteiger partial charge in [0.2, 0.25) is 6.04 Å². The molecule has 0 radical (unpaired) electrons.